The Balaban J connectivity index is 0.00000144. The van der Waals surface area contributed by atoms with Gasteiger partial charge in [-0.25, -0.2) is 19.4 Å². The fourth-order valence-electron chi connectivity index (χ4n) is 0.734. The molecule has 0 radical (unpaired) electrons. The highest BCUT2D eigenvalue weighted by atomic mass is 35.5. The molecular weight excluding hydrogens is 214 g/mol. The molecule has 0 aliphatic carbocycles. The summed E-state index contributed by atoms with van der Waals surface area (Å²) in [6.07, 6.45) is 0. The summed E-state index contributed by atoms with van der Waals surface area (Å²) in [6.45, 7) is 0. The lowest BCUT2D eigenvalue weighted by Gasteiger charge is -2.14. The summed E-state index contributed by atoms with van der Waals surface area (Å²) in [6, 6.07) is 8.70. The SMILES string of the molecule is Cl.NN(N[SH](=O)=O)c1ccccc1. The van der Waals surface area contributed by atoms with E-state index in [0.717, 1.165) is 5.12 Å². The highest BCUT2D eigenvalue weighted by Crippen LogP contribution is 2.06. The van der Waals surface area contributed by atoms with Crippen LogP contribution >= 0.6 is 12.4 Å². The van der Waals surface area contributed by atoms with Crippen LogP contribution in [0.3, 0.4) is 0 Å². The van der Waals surface area contributed by atoms with Gasteiger partial charge >= 0.3 is 0 Å². The summed E-state index contributed by atoms with van der Waals surface area (Å²) in [4.78, 5) is 2.02. The van der Waals surface area contributed by atoms with Crippen molar-refractivity contribution >= 4 is 29.0 Å². The van der Waals surface area contributed by atoms with E-state index < -0.39 is 10.9 Å². The van der Waals surface area contributed by atoms with Crippen LogP contribution < -0.4 is 15.8 Å². The molecule has 0 unspecified atom stereocenters. The average molecular weight is 224 g/mol. The van der Waals surface area contributed by atoms with E-state index in [1.54, 1.807) is 24.3 Å². The zero-order valence-electron chi connectivity index (χ0n) is 6.58. The number of nitrogens with two attached hydrogens (primary N) is 1. The second-order valence-electron chi connectivity index (χ2n) is 2.06. The van der Waals surface area contributed by atoms with Gasteiger partial charge < -0.3 is 0 Å². The molecule has 0 spiro atoms. The predicted molar refractivity (Wildman–Crippen MR) is 53.8 cm³/mol. The Bertz CT molecular complexity index is 309. The highest BCUT2D eigenvalue weighted by molar-refractivity contribution is 7.70. The zero-order chi connectivity index (χ0) is 8.97. The molecule has 0 bridgehead atoms. The number of nitrogens with one attached hydrogen (secondary N) is 1. The lowest BCUT2D eigenvalue weighted by molar-refractivity contribution is 0.597. The summed E-state index contributed by atoms with van der Waals surface area (Å²) < 4.78 is 20.4. The molecule has 1 rings (SSSR count). The second-order valence-corrected chi connectivity index (χ2v) is 2.78. The van der Waals surface area contributed by atoms with Crippen molar-refractivity contribution in [3.8, 4) is 0 Å². The first-order valence-electron chi connectivity index (χ1n) is 3.20. The van der Waals surface area contributed by atoms with Crippen LogP contribution in [0.5, 0.6) is 0 Å². The first kappa shape index (κ1) is 12.2. The number of nitrogens with zero attached hydrogens (tertiary/aromatic N) is 1. The van der Waals surface area contributed by atoms with Crippen LogP contribution in [0.25, 0.3) is 0 Å². The number of rotatable bonds is 3. The maximum absolute atomic E-state index is 10.2. The third-order valence-electron chi connectivity index (χ3n) is 1.22. The van der Waals surface area contributed by atoms with Crippen LogP contribution in [0.1, 0.15) is 0 Å². The molecule has 0 saturated heterocycles. The summed E-state index contributed by atoms with van der Waals surface area (Å²) >= 11 is 0. The number of anilines is 1. The fraction of sp³-hybridized carbons (Fsp3) is 0. The summed E-state index contributed by atoms with van der Waals surface area (Å²) in [5, 5.41) is 0.936. The van der Waals surface area contributed by atoms with Crippen LogP contribution in [0.2, 0.25) is 0 Å². The number of hydrogen-bond acceptors (Lipinski definition) is 4. The number of thiol groups is 1. The Labute approximate surface area is 84.0 Å². The number of halogens is 1. The van der Waals surface area contributed by atoms with Gasteiger partial charge in [-0.05, 0) is 12.1 Å². The Morgan fingerprint density at radius 2 is 1.77 bits per heavy atom. The van der Waals surface area contributed by atoms with Crippen molar-refractivity contribution in [2.45, 2.75) is 0 Å². The normalized spacial score (nSPS) is 9.38. The molecule has 0 aromatic heterocycles. The van der Waals surface area contributed by atoms with E-state index in [0.29, 0.717) is 5.69 Å². The van der Waals surface area contributed by atoms with Gasteiger partial charge in [0.15, 0.2) is 0 Å². The van der Waals surface area contributed by atoms with Gasteiger partial charge in [0.25, 0.3) is 0 Å². The van der Waals surface area contributed by atoms with Crippen LogP contribution in [-0.2, 0) is 10.9 Å². The van der Waals surface area contributed by atoms with Gasteiger partial charge in [-0.1, -0.05) is 18.2 Å². The Hall–Kier alpha value is -0.820. The standard InChI is InChI=1S/C6H9N3O2S.ClH/c7-9(8-12(10)11)6-4-2-1-3-5-6;/h1-5,12H,7H2,(H,8,10,11);1H. The largest absolute Gasteiger partial charge is 0.232 e. The van der Waals surface area contributed by atoms with E-state index >= 15 is 0 Å². The van der Waals surface area contributed by atoms with E-state index in [1.165, 1.54) is 0 Å². The Kier molecular flexibility index (Phi) is 5.40. The lowest BCUT2D eigenvalue weighted by Crippen LogP contribution is -2.42. The molecule has 7 heteroatoms. The minimum absolute atomic E-state index is 0. The molecule has 74 valence electrons. The molecule has 3 N–H and O–H groups in total. The second kappa shape index (κ2) is 5.76. The van der Waals surface area contributed by atoms with Crippen molar-refractivity contribution in [2.75, 3.05) is 5.12 Å². The first-order valence-corrected chi connectivity index (χ1v) is 4.38. The van der Waals surface area contributed by atoms with Gasteiger partial charge in [0, 0.05) is 0 Å². The number of para-hydroxylation sites is 1. The molecule has 0 aliphatic rings. The third-order valence-corrected chi connectivity index (χ3v) is 1.60. The van der Waals surface area contributed by atoms with E-state index in [1.807, 2.05) is 10.9 Å². The molecule has 5 nitrogen and oxygen atoms in total. The average Bonchev–Trinajstić information content (AvgIpc) is 2.05. The van der Waals surface area contributed by atoms with E-state index in [2.05, 4.69) is 0 Å². The monoisotopic (exact) mass is 223 g/mol. The molecule has 1 aromatic rings. The summed E-state index contributed by atoms with van der Waals surface area (Å²) in [5.74, 6) is 5.33. The van der Waals surface area contributed by atoms with Crippen LogP contribution in [0.15, 0.2) is 30.3 Å². The number of hydrogen-bond donors (Lipinski definition) is 3. The predicted octanol–water partition coefficient (Wildman–Crippen LogP) is -0.181. The highest BCUT2D eigenvalue weighted by Gasteiger charge is 1.97. The maximum atomic E-state index is 10.2. The zero-order valence-corrected chi connectivity index (χ0v) is 8.29. The minimum atomic E-state index is -2.71. The molecule has 0 fully saturated rings. The van der Waals surface area contributed by atoms with Crippen LogP contribution in [0, 0.1) is 0 Å². The van der Waals surface area contributed by atoms with Crippen molar-refractivity contribution in [1.82, 2.24) is 4.83 Å². The lowest BCUT2D eigenvalue weighted by atomic mass is 10.3. The van der Waals surface area contributed by atoms with Gasteiger partial charge in [0.05, 0.1) is 5.69 Å². The quantitative estimate of drug-likeness (QED) is 0.378. The van der Waals surface area contributed by atoms with Crippen molar-refractivity contribution < 1.29 is 8.42 Å². The van der Waals surface area contributed by atoms with Crippen molar-refractivity contribution in [3.63, 3.8) is 0 Å². The number of hydrazine groups is 2. The van der Waals surface area contributed by atoms with Gasteiger partial charge in [-0.2, -0.15) is 0 Å². The molecule has 13 heavy (non-hydrogen) atoms. The summed E-state index contributed by atoms with van der Waals surface area (Å²) in [7, 11) is -2.71. The van der Waals surface area contributed by atoms with Gasteiger partial charge in [0.1, 0.15) is 0 Å². The van der Waals surface area contributed by atoms with Crippen molar-refractivity contribution in [1.29, 1.82) is 0 Å². The smallest absolute Gasteiger partial charge is 0.219 e. The summed E-state index contributed by atoms with van der Waals surface area (Å²) in [5.41, 5.74) is 0.580. The molecule has 0 heterocycles. The molecule has 1 aromatic carbocycles. The van der Waals surface area contributed by atoms with Crippen LogP contribution in [0.4, 0.5) is 5.69 Å². The van der Waals surface area contributed by atoms with E-state index in [-0.39, 0.29) is 12.4 Å². The molecule has 0 saturated carbocycles. The Morgan fingerprint density at radius 3 is 2.23 bits per heavy atom. The minimum Gasteiger partial charge on any atom is -0.232 e. The van der Waals surface area contributed by atoms with Crippen molar-refractivity contribution in [3.05, 3.63) is 30.3 Å². The molecule has 0 amide bonds. The molecule has 0 aliphatic heterocycles. The fourth-order valence-corrected chi connectivity index (χ4v) is 1.03. The van der Waals surface area contributed by atoms with E-state index in [9.17, 15) is 8.42 Å². The van der Waals surface area contributed by atoms with Gasteiger partial charge in [0.2, 0.25) is 10.9 Å². The molecular formula is C6H10ClN3O2S. The topological polar surface area (TPSA) is 75.4 Å². The third kappa shape index (κ3) is 4.09. The number of benzene rings is 1. The van der Waals surface area contributed by atoms with Crippen molar-refractivity contribution in [2.24, 2.45) is 5.84 Å². The molecule has 0 atom stereocenters. The van der Waals surface area contributed by atoms with Crippen LogP contribution in [-0.4, -0.2) is 8.42 Å². The Morgan fingerprint density at radius 1 is 1.23 bits per heavy atom. The van der Waals surface area contributed by atoms with Gasteiger partial charge in [-0.3, -0.25) is 0 Å². The van der Waals surface area contributed by atoms with E-state index in [4.69, 9.17) is 5.84 Å². The maximum Gasteiger partial charge on any atom is 0.219 e. The first-order chi connectivity index (χ1) is 5.70. The van der Waals surface area contributed by atoms with Gasteiger partial charge in [-0.15, -0.1) is 17.2 Å².